The SMILES string of the molecule is CCOc1cccc(-c2nc3ncc(CS(N)(=O)=O)nc3n2-c2ncccc2OC)n1. The second-order valence-electron chi connectivity index (χ2n) is 6.41. The van der Waals surface area contributed by atoms with Crippen LogP contribution in [-0.4, -0.2) is 51.6 Å². The molecule has 31 heavy (non-hydrogen) atoms. The molecule has 0 fully saturated rings. The van der Waals surface area contributed by atoms with E-state index in [0.717, 1.165) is 0 Å². The van der Waals surface area contributed by atoms with Gasteiger partial charge in [-0.3, -0.25) is 4.57 Å². The van der Waals surface area contributed by atoms with Gasteiger partial charge in [-0.2, -0.15) is 0 Å². The third-order valence-electron chi connectivity index (χ3n) is 4.20. The van der Waals surface area contributed by atoms with Gasteiger partial charge >= 0.3 is 0 Å². The number of sulfonamides is 1. The Labute approximate surface area is 178 Å². The van der Waals surface area contributed by atoms with Crippen LogP contribution in [0.4, 0.5) is 0 Å². The number of pyridine rings is 2. The first-order valence-electron chi connectivity index (χ1n) is 9.24. The van der Waals surface area contributed by atoms with Crippen molar-refractivity contribution in [1.29, 1.82) is 0 Å². The molecule has 0 saturated heterocycles. The fraction of sp³-hybridized carbons (Fsp3) is 0.211. The minimum Gasteiger partial charge on any atom is -0.493 e. The van der Waals surface area contributed by atoms with Gasteiger partial charge in [0.15, 0.2) is 28.7 Å². The molecule has 0 aliphatic carbocycles. The molecule has 0 saturated carbocycles. The van der Waals surface area contributed by atoms with Crippen molar-refractivity contribution < 1.29 is 17.9 Å². The monoisotopic (exact) mass is 441 g/mol. The van der Waals surface area contributed by atoms with Crippen molar-refractivity contribution >= 4 is 21.3 Å². The highest BCUT2D eigenvalue weighted by Crippen LogP contribution is 2.30. The van der Waals surface area contributed by atoms with Crippen LogP contribution >= 0.6 is 0 Å². The number of fused-ring (bicyclic) bond motifs is 1. The Kier molecular flexibility index (Phi) is 5.48. The molecule has 0 aliphatic rings. The maximum Gasteiger partial charge on any atom is 0.214 e. The molecule has 0 unspecified atom stereocenters. The number of rotatable bonds is 7. The van der Waals surface area contributed by atoms with Gasteiger partial charge in [0.1, 0.15) is 11.4 Å². The van der Waals surface area contributed by atoms with E-state index in [1.165, 1.54) is 13.3 Å². The Morgan fingerprint density at radius 2 is 1.94 bits per heavy atom. The van der Waals surface area contributed by atoms with Crippen molar-refractivity contribution in [2.75, 3.05) is 13.7 Å². The highest BCUT2D eigenvalue weighted by atomic mass is 32.2. The van der Waals surface area contributed by atoms with E-state index >= 15 is 0 Å². The number of imidazole rings is 1. The second kappa shape index (κ2) is 8.24. The lowest BCUT2D eigenvalue weighted by atomic mass is 10.3. The predicted molar refractivity (Wildman–Crippen MR) is 112 cm³/mol. The lowest BCUT2D eigenvalue weighted by Gasteiger charge is -2.12. The molecule has 160 valence electrons. The number of aromatic nitrogens is 6. The fourth-order valence-corrected chi connectivity index (χ4v) is 3.56. The van der Waals surface area contributed by atoms with Crippen LogP contribution in [0.3, 0.4) is 0 Å². The molecule has 4 heterocycles. The second-order valence-corrected chi connectivity index (χ2v) is 8.02. The van der Waals surface area contributed by atoms with Crippen LogP contribution in [0.15, 0.2) is 42.7 Å². The minimum absolute atomic E-state index is 0.175. The van der Waals surface area contributed by atoms with Gasteiger partial charge in [-0.15, -0.1) is 0 Å². The van der Waals surface area contributed by atoms with E-state index in [1.54, 1.807) is 41.1 Å². The van der Waals surface area contributed by atoms with Gasteiger partial charge in [-0.25, -0.2) is 38.5 Å². The summed E-state index contributed by atoms with van der Waals surface area (Å²) < 4.78 is 35.7. The van der Waals surface area contributed by atoms with Crippen LogP contribution in [0.1, 0.15) is 12.6 Å². The maximum atomic E-state index is 11.5. The zero-order valence-electron chi connectivity index (χ0n) is 16.8. The molecule has 0 bridgehead atoms. The fourth-order valence-electron chi connectivity index (χ4n) is 3.01. The number of nitrogens with two attached hydrogens (primary N) is 1. The van der Waals surface area contributed by atoms with E-state index in [-0.39, 0.29) is 17.0 Å². The molecule has 12 heteroatoms. The highest BCUT2D eigenvalue weighted by Gasteiger charge is 2.22. The Hall–Kier alpha value is -3.64. The molecule has 4 aromatic rings. The van der Waals surface area contributed by atoms with Gasteiger partial charge in [-0.05, 0) is 25.1 Å². The zero-order valence-corrected chi connectivity index (χ0v) is 17.6. The van der Waals surface area contributed by atoms with Gasteiger partial charge in [0.2, 0.25) is 15.9 Å². The van der Waals surface area contributed by atoms with Gasteiger partial charge in [0, 0.05) is 12.3 Å². The molecule has 4 aromatic heterocycles. The summed E-state index contributed by atoms with van der Waals surface area (Å²) in [6.45, 7) is 2.32. The highest BCUT2D eigenvalue weighted by molar-refractivity contribution is 7.88. The summed E-state index contributed by atoms with van der Waals surface area (Å²) in [7, 11) is -2.28. The lowest BCUT2D eigenvalue weighted by molar-refractivity contribution is 0.327. The van der Waals surface area contributed by atoms with E-state index in [2.05, 4.69) is 24.9 Å². The summed E-state index contributed by atoms with van der Waals surface area (Å²) in [4.78, 5) is 22.2. The summed E-state index contributed by atoms with van der Waals surface area (Å²) in [6.07, 6.45) is 2.92. The lowest BCUT2D eigenvalue weighted by Crippen LogP contribution is -2.15. The van der Waals surface area contributed by atoms with Crippen LogP contribution < -0.4 is 14.6 Å². The average molecular weight is 441 g/mol. The van der Waals surface area contributed by atoms with Crippen LogP contribution in [-0.2, 0) is 15.8 Å². The zero-order chi connectivity index (χ0) is 22.0. The van der Waals surface area contributed by atoms with Crippen molar-refractivity contribution in [3.05, 3.63) is 48.4 Å². The van der Waals surface area contributed by atoms with E-state index in [0.29, 0.717) is 35.6 Å². The number of hydrogen-bond donors (Lipinski definition) is 1. The van der Waals surface area contributed by atoms with E-state index < -0.39 is 15.8 Å². The first-order valence-corrected chi connectivity index (χ1v) is 11.0. The largest absolute Gasteiger partial charge is 0.493 e. The first-order chi connectivity index (χ1) is 14.9. The third kappa shape index (κ3) is 4.29. The average Bonchev–Trinajstić information content (AvgIpc) is 3.11. The molecule has 2 N–H and O–H groups in total. The number of ether oxygens (including phenoxy) is 2. The molecule has 4 rings (SSSR count). The van der Waals surface area contributed by atoms with Crippen LogP contribution in [0.5, 0.6) is 11.6 Å². The molecule has 0 aliphatic heterocycles. The topological polar surface area (TPSA) is 148 Å². The summed E-state index contributed by atoms with van der Waals surface area (Å²) in [5.74, 6) is 1.22. The van der Waals surface area contributed by atoms with Crippen molar-refractivity contribution in [1.82, 2.24) is 29.5 Å². The first kappa shape index (κ1) is 20.6. The molecule has 0 aromatic carbocycles. The Morgan fingerprint density at radius 1 is 1.10 bits per heavy atom. The number of nitrogens with zero attached hydrogens (tertiary/aromatic N) is 6. The Morgan fingerprint density at radius 3 is 2.68 bits per heavy atom. The van der Waals surface area contributed by atoms with Crippen molar-refractivity contribution in [3.8, 4) is 29.0 Å². The van der Waals surface area contributed by atoms with Crippen LogP contribution in [0.2, 0.25) is 0 Å². The van der Waals surface area contributed by atoms with Gasteiger partial charge in [0.25, 0.3) is 0 Å². The van der Waals surface area contributed by atoms with E-state index in [9.17, 15) is 8.42 Å². The number of primary sulfonamides is 1. The molecule has 0 radical (unpaired) electrons. The van der Waals surface area contributed by atoms with Gasteiger partial charge < -0.3 is 9.47 Å². The quantitative estimate of drug-likeness (QED) is 0.450. The summed E-state index contributed by atoms with van der Waals surface area (Å²) in [6, 6.07) is 8.76. The summed E-state index contributed by atoms with van der Waals surface area (Å²) in [5, 5.41) is 5.17. The van der Waals surface area contributed by atoms with E-state index in [1.807, 2.05) is 6.92 Å². The maximum absolute atomic E-state index is 11.5. The summed E-state index contributed by atoms with van der Waals surface area (Å²) in [5.41, 5.74) is 1.24. The van der Waals surface area contributed by atoms with Crippen LogP contribution in [0, 0.1) is 0 Å². The molecular weight excluding hydrogens is 422 g/mol. The molecule has 0 spiro atoms. The van der Waals surface area contributed by atoms with Gasteiger partial charge in [0.05, 0.1) is 25.6 Å². The standard InChI is InChI=1S/C19H19N7O4S/c1-3-30-15-8-4-6-13(24-15)17-25-16-19(23-12(10-22-16)11-31(20,27)28)26(17)18-14(29-2)7-5-9-21-18/h4-10H,3,11H2,1-2H3,(H2,20,27,28). The third-order valence-corrected chi connectivity index (χ3v) is 4.90. The summed E-state index contributed by atoms with van der Waals surface area (Å²) >= 11 is 0. The molecule has 0 amide bonds. The molecule has 0 atom stereocenters. The van der Waals surface area contributed by atoms with Crippen molar-refractivity contribution in [2.24, 2.45) is 5.14 Å². The Balaban J connectivity index is 2.00. The number of hydrogen-bond acceptors (Lipinski definition) is 9. The number of methoxy groups -OCH3 is 1. The predicted octanol–water partition coefficient (Wildman–Crippen LogP) is 1.47. The smallest absolute Gasteiger partial charge is 0.214 e. The van der Waals surface area contributed by atoms with Crippen molar-refractivity contribution in [3.63, 3.8) is 0 Å². The molecule has 11 nitrogen and oxygen atoms in total. The van der Waals surface area contributed by atoms with Crippen LogP contribution in [0.25, 0.3) is 28.6 Å². The molecular formula is C19H19N7O4S. The van der Waals surface area contributed by atoms with E-state index in [4.69, 9.17) is 14.6 Å². The van der Waals surface area contributed by atoms with Crippen molar-refractivity contribution in [2.45, 2.75) is 12.7 Å². The normalized spacial score (nSPS) is 11.6. The van der Waals surface area contributed by atoms with Gasteiger partial charge in [-0.1, -0.05) is 6.07 Å². The minimum atomic E-state index is -3.79. The Bertz CT molecular complexity index is 1350.